The maximum absolute atomic E-state index is 12.8. The molecular weight excluding hydrogens is 466 g/mol. The van der Waals surface area contributed by atoms with Gasteiger partial charge in [-0.3, -0.25) is 4.79 Å². The number of nitrogens with zero attached hydrogens (tertiary/aromatic N) is 1. The molecule has 8 atom stereocenters. The van der Waals surface area contributed by atoms with Crippen molar-refractivity contribution >= 4 is 5.91 Å². The van der Waals surface area contributed by atoms with Gasteiger partial charge in [0.05, 0.1) is 13.2 Å². The normalized spacial score (nSPS) is 18.8. The number of aliphatic hydroxyl groups is 10. The second-order valence-corrected chi connectivity index (χ2v) is 9.12. The number of hydrogen-bond acceptors (Lipinski definition) is 11. The average molecular weight is 514 g/mol. The lowest BCUT2D eigenvalue weighted by Gasteiger charge is -2.33. The van der Waals surface area contributed by atoms with E-state index in [1.165, 1.54) is 6.42 Å². The number of amides is 1. The molecule has 10 N–H and O–H groups in total. The fourth-order valence-electron chi connectivity index (χ4n) is 3.64. The molecule has 0 saturated heterocycles. The first-order valence-corrected chi connectivity index (χ1v) is 12.5. The van der Waals surface area contributed by atoms with Crippen LogP contribution in [-0.2, 0) is 4.79 Å². The highest BCUT2D eigenvalue weighted by molar-refractivity contribution is 5.76. The summed E-state index contributed by atoms with van der Waals surface area (Å²) in [6.07, 6.45) is -6.73. The summed E-state index contributed by atoms with van der Waals surface area (Å²) in [6.45, 7) is -0.790. The lowest BCUT2D eigenvalue weighted by atomic mass is 10.0. The molecule has 0 fully saturated rings. The van der Waals surface area contributed by atoms with E-state index in [2.05, 4.69) is 6.92 Å². The fraction of sp³-hybridized carbons (Fsp3) is 0.957. The Bertz CT molecular complexity index is 512. The summed E-state index contributed by atoms with van der Waals surface area (Å²) in [5, 5.41) is 97.1. The zero-order valence-electron chi connectivity index (χ0n) is 20.6. The van der Waals surface area contributed by atoms with Crippen molar-refractivity contribution in [3.05, 3.63) is 0 Å². The first-order valence-electron chi connectivity index (χ1n) is 12.5. The van der Waals surface area contributed by atoms with Gasteiger partial charge in [-0.05, 0) is 6.42 Å². The third kappa shape index (κ3) is 13.3. The van der Waals surface area contributed by atoms with E-state index in [0.29, 0.717) is 6.42 Å². The van der Waals surface area contributed by atoms with Crippen molar-refractivity contribution in [2.24, 2.45) is 0 Å². The Hall–Kier alpha value is -0.930. The van der Waals surface area contributed by atoms with Gasteiger partial charge in [-0.1, -0.05) is 51.9 Å². The first-order chi connectivity index (χ1) is 16.5. The molecule has 0 aromatic carbocycles. The lowest BCUT2D eigenvalue weighted by molar-refractivity contribution is -0.148. The van der Waals surface area contributed by atoms with E-state index in [1.807, 2.05) is 0 Å². The van der Waals surface area contributed by atoms with Crippen LogP contribution < -0.4 is 0 Å². The second-order valence-electron chi connectivity index (χ2n) is 9.12. The molecule has 0 bridgehead atoms. The first kappa shape index (κ1) is 34.1. The molecular formula is C23H47NO11. The minimum absolute atomic E-state index is 0.0459. The zero-order valence-corrected chi connectivity index (χ0v) is 20.6. The van der Waals surface area contributed by atoms with E-state index in [1.54, 1.807) is 0 Å². The maximum Gasteiger partial charge on any atom is 0.222 e. The molecule has 0 radical (unpaired) electrons. The van der Waals surface area contributed by atoms with Gasteiger partial charge in [-0.15, -0.1) is 0 Å². The summed E-state index contributed by atoms with van der Waals surface area (Å²) in [5.74, 6) is -0.525. The van der Waals surface area contributed by atoms with Crippen molar-refractivity contribution in [3.8, 4) is 0 Å². The van der Waals surface area contributed by atoms with Crippen molar-refractivity contribution in [2.75, 3.05) is 26.3 Å². The molecule has 0 unspecified atom stereocenters. The standard InChI is InChI=1S/C23H47NO11/c1-2-3-4-5-6-7-8-9-10-19(31)24(11-15(27)20(32)22(34)17(29)13-25)12-16(28)21(33)23(35)18(30)14-26/h15-18,20-23,25-30,32-35H,2-14H2,1H3/t15-,16-,17-,18-,20-,21-,22-,23-/m1/s1. The molecule has 0 aliphatic carbocycles. The van der Waals surface area contributed by atoms with Crippen molar-refractivity contribution in [3.63, 3.8) is 0 Å². The van der Waals surface area contributed by atoms with Crippen LogP contribution in [-0.4, -0.2) is 137 Å². The molecule has 12 nitrogen and oxygen atoms in total. The third-order valence-electron chi connectivity index (χ3n) is 6.06. The molecule has 0 saturated carbocycles. The van der Waals surface area contributed by atoms with E-state index in [0.717, 1.165) is 43.4 Å². The summed E-state index contributed by atoms with van der Waals surface area (Å²) >= 11 is 0. The van der Waals surface area contributed by atoms with Crippen LogP contribution >= 0.6 is 0 Å². The predicted molar refractivity (Wildman–Crippen MR) is 126 cm³/mol. The van der Waals surface area contributed by atoms with Crippen molar-refractivity contribution < 1.29 is 55.9 Å². The van der Waals surface area contributed by atoms with Crippen molar-refractivity contribution in [2.45, 2.75) is 114 Å². The van der Waals surface area contributed by atoms with Crippen molar-refractivity contribution in [1.82, 2.24) is 4.90 Å². The summed E-state index contributed by atoms with van der Waals surface area (Å²) in [7, 11) is 0. The molecule has 0 spiro atoms. The van der Waals surface area contributed by atoms with E-state index in [4.69, 9.17) is 10.2 Å². The number of carbonyl (C=O) groups excluding carboxylic acids is 1. The van der Waals surface area contributed by atoms with Crippen molar-refractivity contribution in [1.29, 1.82) is 0 Å². The number of carbonyl (C=O) groups is 1. The van der Waals surface area contributed by atoms with E-state index < -0.39 is 81.0 Å². The molecule has 0 aromatic heterocycles. The number of unbranched alkanes of at least 4 members (excludes halogenated alkanes) is 7. The smallest absolute Gasteiger partial charge is 0.222 e. The average Bonchev–Trinajstić information content (AvgIpc) is 2.86. The van der Waals surface area contributed by atoms with Crippen LogP contribution in [0.15, 0.2) is 0 Å². The second kappa shape index (κ2) is 19.2. The van der Waals surface area contributed by atoms with Gasteiger partial charge in [0.2, 0.25) is 5.91 Å². The van der Waals surface area contributed by atoms with E-state index >= 15 is 0 Å². The summed E-state index contributed by atoms with van der Waals surface area (Å²) in [4.78, 5) is 13.7. The molecule has 12 heteroatoms. The SMILES string of the molecule is CCCCCCCCCCC(=O)N(C[C@@H](O)[C@@H](O)[C@H](O)[C@H](O)CO)C[C@@H](O)[C@@H](O)[C@H](O)[C@H](O)CO. The molecule has 0 aromatic rings. The number of aliphatic hydroxyl groups excluding tert-OH is 10. The maximum atomic E-state index is 12.8. The van der Waals surface area contributed by atoms with Gasteiger partial charge in [0.1, 0.15) is 48.8 Å². The highest BCUT2D eigenvalue weighted by atomic mass is 16.4. The predicted octanol–water partition coefficient (Wildman–Crippen LogP) is -2.78. The number of hydrogen-bond donors (Lipinski definition) is 10. The van der Waals surface area contributed by atoms with Crippen LogP contribution in [0.3, 0.4) is 0 Å². The van der Waals surface area contributed by atoms with E-state index in [9.17, 15) is 45.6 Å². The minimum Gasteiger partial charge on any atom is -0.394 e. The minimum atomic E-state index is -1.93. The monoisotopic (exact) mass is 513 g/mol. The van der Waals surface area contributed by atoms with Gasteiger partial charge in [-0.2, -0.15) is 0 Å². The summed E-state index contributed by atoms with van der Waals surface area (Å²) in [6, 6.07) is 0. The molecule has 0 heterocycles. The van der Waals surface area contributed by atoms with Gasteiger partial charge in [0.15, 0.2) is 0 Å². The van der Waals surface area contributed by atoms with Gasteiger partial charge < -0.3 is 56.0 Å². The van der Waals surface area contributed by atoms with Gasteiger partial charge in [-0.25, -0.2) is 0 Å². The topological polar surface area (TPSA) is 223 Å². The molecule has 0 aliphatic rings. The van der Waals surface area contributed by atoms with Crippen LogP contribution in [0, 0.1) is 0 Å². The quantitative estimate of drug-likeness (QED) is 0.0707. The third-order valence-corrected chi connectivity index (χ3v) is 6.06. The number of rotatable bonds is 21. The molecule has 0 rings (SSSR count). The molecule has 0 aliphatic heterocycles. The Morgan fingerprint density at radius 2 is 0.914 bits per heavy atom. The van der Waals surface area contributed by atoms with Crippen LogP contribution in [0.5, 0.6) is 0 Å². The van der Waals surface area contributed by atoms with Crippen LogP contribution in [0.2, 0.25) is 0 Å². The Morgan fingerprint density at radius 3 is 1.29 bits per heavy atom. The summed E-state index contributed by atoms with van der Waals surface area (Å²) in [5.41, 5.74) is 0. The molecule has 210 valence electrons. The van der Waals surface area contributed by atoms with Gasteiger partial charge >= 0.3 is 0 Å². The Morgan fingerprint density at radius 1 is 0.571 bits per heavy atom. The van der Waals surface area contributed by atoms with Crippen LogP contribution in [0.1, 0.15) is 64.7 Å². The Labute approximate surface area is 207 Å². The largest absolute Gasteiger partial charge is 0.394 e. The summed E-state index contributed by atoms with van der Waals surface area (Å²) < 4.78 is 0. The van der Waals surface area contributed by atoms with Gasteiger partial charge in [0, 0.05) is 19.5 Å². The molecule has 1 amide bonds. The Balaban J connectivity index is 5.09. The highest BCUT2D eigenvalue weighted by Gasteiger charge is 2.35. The van der Waals surface area contributed by atoms with Crippen LogP contribution in [0.25, 0.3) is 0 Å². The highest BCUT2D eigenvalue weighted by Crippen LogP contribution is 2.14. The lowest BCUT2D eigenvalue weighted by Crippen LogP contribution is -2.54. The van der Waals surface area contributed by atoms with Crippen LogP contribution in [0.4, 0.5) is 0 Å². The zero-order chi connectivity index (χ0) is 27.0. The molecule has 35 heavy (non-hydrogen) atoms. The van der Waals surface area contributed by atoms with E-state index in [-0.39, 0.29) is 6.42 Å². The fourth-order valence-corrected chi connectivity index (χ4v) is 3.64. The van der Waals surface area contributed by atoms with Gasteiger partial charge in [0.25, 0.3) is 0 Å². The Kier molecular flexibility index (Phi) is 18.7.